The Hall–Kier alpha value is -0.0200. The molecule has 0 saturated heterocycles. The van der Waals surface area contributed by atoms with Gasteiger partial charge in [-0.3, -0.25) is 0 Å². The quantitative estimate of drug-likeness (QED) is 0.566. The van der Waals surface area contributed by atoms with Crippen molar-refractivity contribution in [1.29, 1.82) is 0 Å². The van der Waals surface area contributed by atoms with E-state index in [9.17, 15) is 0 Å². The van der Waals surface area contributed by atoms with E-state index in [4.69, 9.17) is 0 Å². The molecule has 3 heteroatoms. The molecule has 1 heterocycles. The average molecular weight is 276 g/mol. The van der Waals surface area contributed by atoms with Gasteiger partial charge in [0, 0.05) is 6.20 Å². The van der Waals surface area contributed by atoms with Gasteiger partial charge in [0.05, 0.1) is 5.03 Å². The second kappa shape index (κ2) is 9.53. The minimum atomic E-state index is 0. The molecule has 0 fully saturated rings. The molecule has 0 unspecified atom stereocenters. The molecule has 0 atom stereocenters. The zero-order chi connectivity index (χ0) is 9.36. The third-order valence-corrected chi connectivity index (χ3v) is 2.92. The summed E-state index contributed by atoms with van der Waals surface area (Å²) < 4.78 is 0. The van der Waals surface area contributed by atoms with E-state index in [2.05, 4.69) is 18.0 Å². The van der Waals surface area contributed by atoms with Crippen LogP contribution in [0.3, 0.4) is 0 Å². The number of rotatable bonds is 6. The lowest BCUT2D eigenvalue weighted by Crippen LogP contribution is -1.82. The van der Waals surface area contributed by atoms with Gasteiger partial charge in [-0.25, -0.2) is 4.98 Å². The minimum absolute atomic E-state index is 0. The topological polar surface area (TPSA) is 12.9 Å². The van der Waals surface area contributed by atoms with Gasteiger partial charge in [-0.1, -0.05) is 32.3 Å². The maximum absolute atomic E-state index is 4.26. The molecule has 14 heavy (non-hydrogen) atoms. The predicted molar refractivity (Wildman–Crippen MR) is 69.4 cm³/mol. The van der Waals surface area contributed by atoms with Gasteiger partial charge in [0.2, 0.25) is 0 Å². The number of hydrogen-bond acceptors (Lipinski definition) is 2. The summed E-state index contributed by atoms with van der Waals surface area (Å²) in [7, 11) is 0. The van der Waals surface area contributed by atoms with Gasteiger partial charge in [0.25, 0.3) is 0 Å². The lowest BCUT2D eigenvalue weighted by Gasteiger charge is -1.99. The van der Waals surface area contributed by atoms with Crippen molar-refractivity contribution >= 4 is 28.7 Å². The van der Waals surface area contributed by atoms with Crippen LogP contribution in [0.4, 0.5) is 0 Å². The molecular weight excluding hydrogens is 258 g/mol. The van der Waals surface area contributed by atoms with E-state index in [1.807, 2.05) is 30.1 Å². The summed E-state index contributed by atoms with van der Waals surface area (Å²) in [5.74, 6) is 1.21. The van der Waals surface area contributed by atoms with Crippen LogP contribution in [0.1, 0.15) is 32.6 Å². The highest BCUT2D eigenvalue weighted by Gasteiger charge is 1.93. The Balaban J connectivity index is 0.00000169. The first-order valence-corrected chi connectivity index (χ1v) is 5.96. The van der Waals surface area contributed by atoms with Gasteiger partial charge in [-0.05, 0) is 24.3 Å². The van der Waals surface area contributed by atoms with Crippen molar-refractivity contribution < 1.29 is 0 Å². The summed E-state index contributed by atoms with van der Waals surface area (Å²) >= 11 is 1.86. The first-order valence-electron chi connectivity index (χ1n) is 4.97. The Morgan fingerprint density at radius 1 is 1.21 bits per heavy atom. The van der Waals surface area contributed by atoms with Crippen molar-refractivity contribution in [3.8, 4) is 0 Å². The monoisotopic (exact) mass is 275 g/mol. The molecule has 0 aliphatic heterocycles. The minimum Gasteiger partial charge on any atom is -0.250 e. The number of nitrogens with zero attached hydrogens (tertiary/aromatic N) is 1. The largest absolute Gasteiger partial charge is 0.250 e. The highest BCUT2D eigenvalue weighted by atomic mass is 79.9. The van der Waals surface area contributed by atoms with Gasteiger partial charge >= 0.3 is 0 Å². The summed E-state index contributed by atoms with van der Waals surface area (Å²) in [5.41, 5.74) is 0. The third kappa shape index (κ3) is 6.44. The summed E-state index contributed by atoms with van der Waals surface area (Å²) in [5, 5.41) is 1.15. The molecule has 0 spiro atoms. The number of aromatic nitrogens is 1. The molecule has 1 rings (SSSR count). The van der Waals surface area contributed by atoms with Crippen LogP contribution in [0, 0.1) is 0 Å². The molecule has 0 amide bonds. The summed E-state index contributed by atoms with van der Waals surface area (Å²) in [6.07, 6.45) is 7.21. The number of hydrogen-bond donors (Lipinski definition) is 0. The molecule has 0 aromatic carbocycles. The van der Waals surface area contributed by atoms with E-state index in [0.29, 0.717) is 0 Å². The van der Waals surface area contributed by atoms with E-state index in [1.54, 1.807) is 0 Å². The Kier molecular flexibility index (Phi) is 9.52. The van der Waals surface area contributed by atoms with E-state index < -0.39 is 0 Å². The molecular formula is C11H18BrNS. The van der Waals surface area contributed by atoms with Crippen molar-refractivity contribution in [3.63, 3.8) is 0 Å². The number of halogens is 1. The van der Waals surface area contributed by atoms with Gasteiger partial charge in [-0.2, -0.15) is 0 Å². The number of pyridine rings is 1. The van der Waals surface area contributed by atoms with Crippen LogP contribution in [-0.4, -0.2) is 10.7 Å². The summed E-state index contributed by atoms with van der Waals surface area (Å²) in [6.45, 7) is 2.24. The number of thioether (sulfide) groups is 1. The van der Waals surface area contributed by atoms with Gasteiger partial charge in [0.15, 0.2) is 0 Å². The maximum Gasteiger partial charge on any atom is 0.0959 e. The highest BCUT2D eigenvalue weighted by Crippen LogP contribution is 2.16. The smallest absolute Gasteiger partial charge is 0.0959 e. The van der Waals surface area contributed by atoms with Crippen LogP contribution in [0.15, 0.2) is 29.4 Å². The predicted octanol–water partition coefficient (Wildman–Crippen LogP) is 4.33. The van der Waals surface area contributed by atoms with Crippen LogP contribution >= 0.6 is 28.7 Å². The molecule has 0 saturated carbocycles. The lowest BCUT2D eigenvalue weighted by molar-refractivity contribution is 0.706. The van der Waals surface area contributed by atoms with Crippen LogP contribution in [-0.2, 0) is 0 Å². The fourth-order valence-corrected chi connectivity index (χ4v) is 2.01. The van der Waals surface area contributed by atoms with Crippen molar-refractivity contribution in [2.24, 2.45) is 0 Å². The number of unbranched alkanes of at least 4 members (excludes halogenated alkanes) is 3. The first kappa shape index (κ1) is 14.0. The fraction of sp³-hybridized carbons (Fsp3) is 0.545. The second-order valence-corrected chi connectivity index (χ2v) is 4.19. The Morgan fingerprint density at radius 3 is 2.71 bits per heavy atom. The molecule has 1 aromatic heterocycles. The van der Waals surface area contributed by atoms with Crippen molar-refractivity contribution in [3.05, 3.63) is 24.4 Å². The SMILES string of the molecule is Br.CCCCCCSc1ccccn1. The fourth-order valence-electron chi connectivity index (χ4n) is 1.14. The van der Waals surface area contributed by atoms with E-state index in [0.717, 1.165) is 5.03 Å². The van der Waals surface area contributed by atoms with Crippen molar-refractivity contribution in [2.75, 3.05) is 5.75 Å². The molecule has 80 valence electrons. The molecule has 0 radical (unpaired) electrons. The molecule has 0 aliphatic rings. The zero-order valence-corrected chi connectivity index (χ0v) is 11.1. The van der Waals surface area contributed by atoms with Gasteiger partial charge in [0.1, 0.15) is 0 Å². The van der Waals surface area contributed by atoms with Gasteiger partial charge < -0.3 is 0 Å². The average Bonchev–Trinajstić information content (AvgIpc) is 2.19. The van der Waals surface area contributed by atoms with Gasteiger partial charge in [-0.15, -0.1) is 28.7 Å². The highest BCUT2D eigenvalue weighted by molar-refractivity contribution is 8.93. The molecule has 0 bridgehead atoms. The van der Waals surface area contributed by atoms with Crippen LogP contribution in [0.5, 0.6) is 0 Å². The van der Waals surface area contributed by atoms with E-state index in [1.165, 1.54) is 31.4 Å². The zero-order valence-electron chi connectivity index (χ0n) is 8.61. The van der Waals surface area contributed by atoms with Crippen molar-refractivity contribution in [2.45, 2.75) is 37.6 Å². The Bertz CT molecular complexity index is 216. The van der Waals surface area contributed by atoms with Crippen LogP contribution in [0.25, 0.3) is 0 Å². The van der Waals surface area contributed by atoms with E-state index >= 15 is 0 Å². The molecule has 0 N–H and O–H groups in total. The van der Waals surface area contributed by atoms with Crippen LogP contribution in [0.2, 0.25) is 0 Å². The third-order valence-electron chi connectivity index (χ3n) is 1.89. The van der Waals surface area contributed by atoms with Crippen molar-refractivity contribution in [1.82, 2.24) is 4.98 Å². The van der Waals surface area contributed by atoms with E-state index in [-0.39, 0.29) is 17.0 Å². The molecule has 1 nitrogen and oxygen atoms in total. The standard InChI is InChI=1S/C11H17NS.BrH/c1-2-3-4-7-10-13-11-8-5-6-9-12-11;/h5-6,8-9H,2-4,7,10H2,1H3;1H. The maximum atomic E-state index is 4.26. The molecule has 1 aromatic rings. The normalized spacial score (nSPS) is 9.50. The Morgan fingerprint density at radius 2 is 2.07 bits per heavy atom. The Labute approximate surface area is 101 Å². The van der Waals surface area contributed by atoms with Crippen LogP contribution < -0.4 is 0 Å². The summed E-state index contributed by atoms with van der Waals surface area (Å²) in [4.78, 5) is 4.26. The lowest BCUT2D eigenvalue weighted by atomic mass is 10.2. The summed E-state index contributed by atoms with van der Waals surface area (Å²) in [6, 6.07) is 6.08. The first-order chi connectivity index (χ1) is 6.43. The second-order valence-electron chi connectivity index (χ2n) is 3.08. The molecule has 0 aliphatic carbocycles.